The summed E-state index contributed by atoms with van der Waals surface area (Å²) < 4.78 is 2.12. The molecule has 1 aliphatic carbocycles. The second kappa shape index (κ2) is 8.12. The van der Waals surface area contributed by atoms with Crippen molar-refractivity contribution in [1.82, 2.24) is 40.2 Å². The molecule has 9 nitrogen and oxygen atoms in total. The van der Waals surface area contributed by atoms with Crippen molar-refractivity contribution in [2.24, 2.45) is 0 Å². The number of carbonyl (C=O) groups excluding carboxylic acids is 1. The predicted molar refractivity (Wildman–Crippen MR) is 106 cm³/mol. The molecule has 0 spiro atoms. The van der Waals surface area contributed by atoms with E-state index in [4.69, 9.17) is 4.98 Å². The summed E-state index contributed by atoms with van der Waals surface area (Å²) >= 11 is 0. The summed E-state index contributed by atoms with van der Waals surface area (Å²) in [6.45, 7) is 2.83. The molecule has 3 aliphatic rings. The van der Waals surface area contributed by atoms with Crippen molar-refractivity contribution in [2.75, 3.05) is 13.1 Å². The fraction of sp³-hybridized carbons (Fsp3) is 0.750. The van der Waals surface area contributed by atoms with Crippen molar-refractivity contribution in [3.05, 3.63) is 23.3 Å². The van der Waals surface area contributed by atoms with Crippen molar-refractivity contribution >= 4 is 6.03 Å². The van der Waals surface area contributed by atoms with Crippen molar-refractivity contribution in [3.8, 4) is 0 Å². The van der Waals surface area contributed by atoms with Gasteiger partial charge >= 0.3 is 6.03 Å². The average molecular weight is 399 g/mol. The third kappa shape index (κ3) is 3.86. The van der Waals surface area contributed by atoms with Gasteiger partial charge in [-0.25, -0.2) is 9.78 Å². The van der Waals surface area contributed by atoms with Gasteiger partial charge < -0.3 is 14.8 Å². The molecule has 2 aromatic heterocycles. The zero-order valence-electron chi connectivity index (χ0n) is 16.9. The van der Waals surface area contributed by atoms with Gasteiger partial charge in [0.2, 0.25) is 0 Å². The van der Waals surface area contributed by atoms with Crippen LogP contribution in [0.5, 0.6) is 0 Å². The number of H-pyrrole nitrogens is 1. The molecule has 0 unspecified atom stereocenters. The molecule has 2 aromatic rings. The normalized spacial score (nSPS) is 22.6. The summed E-state index contributed by atoms with van der Waals surface area (Å²) in [5.41, 5.74) is 0. The van der Waals surface area contributed by atoms with Crippen LogP contribution in [0.4, 0.5) is 4.79 Å². The molecular formula is C20H30N8O. The second-order valence-electron chi connectivity index (χ2n) is 8.65. The van der Waals surface area contributed by atoms with Crippen LogP contribution in [0.15, 0.2) is 0 Å². The lowest BCUT2D eigenvalue weighted by Gasteiger charge is -2.31. The number of rotatable bonds is 4. The zero-order chi connectivity index (χ0) is 19.6. The van der Waals surface area contributed by atoms with E-state index in [0.29, 0.717) is 19.0 Å². The summed E-state index contributed by atoms with van der Waals surface area (Å²) in [5, 5.41) is 19.2. The van der Waals surface area contributed by atoms with Crippen molar-refractivity contribution in [2.45, 2.75) is 82.7 Å². The van der Waals surface area contributed by atoms with E-state index in [1.165, 1.54) is 32.1 Å². The predicted octanol–water partition coefficient (Wildman–Crippen LogP) is 2.48. The molecule has 2 N–H and O–H groups in total. The van der Waals surface area contributed by atoms with Gasteiger partial charge in [0.1, 0.15) is 11.6 Å². The molecule has 2 aliphatic heterocycles. The average Bonchev–Trinajstić information content (AvgIpc) is 3.50. The first-order valence-corrected chi connectivity index (χ1v) is 11.1. The van der Waals surface area contributed by atoms with E-state index in [9.17, 15) is 4.79 Å². The first-order chi connectivity index (χ1) is 14.3. The monoisotopic (exact) mass is 398 g/mol. The minimum absolute atomic E-state index is 0.0342. The summed E-state index contributed by atoms with van der Waals surface area (Å²) in [4.78, 5) is 19.5. The summed E-state index contributed by atoms with van der Waals surface area (Å²) in [6, 6.07) is -0.0342. The molecule has 1 saturated heterocycles. The highest BCUT2D eigenvalue weighted by atomic mass is 16.2. The molecule has 2 amide bonds. The SMILES string of the molecule is O=C(NCc1nnc2n1CCC2)N1CCC[C@H](c2n[nH]c(C3CCCCC3)n2)C1. The zero-order valence-corrected chi connectivity index (χ0v) is 16.9. The number of likely N-dealkylation sites (tertiary alicyclic amines) is 1. The molecule has 0 radical (unpaired) electrons. The van der Waals surface area contributed by atoms with E-state index in [1.807, 2.05) is 4.90 Å². The molecular weight excluding hydrogens is 368 g/mol. The fourth-order valence-corrected chi connectivity index (χ4v) is 5.01. The summed E-state index contributed by atoms with van der Waals surface area (Å²) in [5.74, 6) is 4.54. The second-order valence-corrected chi connectivity index (χ2v) is 8.65. The van der Waals surface area contributed by atoms with E-state index in [0.717, 1.165) is 62.1 Å². The molecule has 9 heteroatoms. The molecule has 1 atom stereocenters. The topological polar surface area (TPSA) is 105 Å². The van der Waals surface area contributed by atoms with Crippen LogP contribution in [-0.2, 0) is 19.5 Å². The van der Waals surface area contributed by atoms with Crippen LogP contribution < -0.4 is 5.32 Å². The van der Waals surface area contributed by atoms with E-state index in [1.54, 1.807) is 0 Å². The first kappa shape index (κ1) is 18.6. The maximum absolute atomic E-state index is 12.7. The Morgan fingerprint density at radius 2 is 1.90 bits per heavy atom. The van der Waals surface area contributed by atoms with Crippen LogP contribution in [0.2, 0.25) is 0 Å². The van der Waals surface area contributed by atoms with Crippen molar-refractivity contribution < 1.29 is 4.79 Å². The number of hydrogen-bond acceptors (Lipinski definition) is 5. The number of amides is 2. The molecule has 0 bridgehead atoms. The smallest absolute Gasteiger partial charge is 0.317 e. The van der Waals surface area contributed by atoms with Crippen LogP contribution >= 0.6 is 0 Å². The Morgan fingerprint density at radius 1 is 1.03 bits per heavy atom. The highest BCUT2D eigenvalue weighted by Crippen LogP contribution is 2.32. The molecule has 156 valence electrons. The Bertz CT molecular complexity index is 853. The number of fused-ring (bicyclic) bond motifs is 1. The minimum atomic E-state index is -0.0342. The number of urea groups is 1. The molecule has 5 rings (SSSR count). The largest absolute Gasteiger partial charge is 0.331 e. The Kier molecular flexibility index (Phi) is 5.20. The van der Waals surface area contributed by atoms with Gasteiger partial charge in [0, 0.05) is 37.9 Å². The van der Waals surface area contributed by atoms with Crippen molar-refractivity contribution in [1.29, 1.82) is 0 Å². The van der Waals surface area contributed by atoms with Crippen LogP contribution in [0, 0.1) is 0 Å². The van der Waals surface area contributed by atoms with E-state index < -0.39 is 0 Å². The number of aromatic nitrogens is 6. The Balaban J connectivity index is 1.18. The van der Waals surface area contributed by atoms with Gasteiger partial charge in [-0.15, -0.1) is 10.2 Å². The summed E-state index contributed by atoms with van der Waals surface area (Å²) in [7, 11) is 0. The molecule has 4 heterocycles. The Labute approximate surface area is 170 Å². The molecule has 29 heavy (non-hydrogen) atoms. The van der Waals surface area contributed by atoms with Crippen molar-refractivity contribution in [3.63, 3.8) is 0 Å². The molecule has 2 fully saturated rings. The number of nitrogens with one attached hydrogen (secondary N) is 2. The highest BCUT2D eigenvalue weighted by Gasteiger charge is 2.29. The van der Waals surface area contributed by atoms with Gasteiger partial charge in [-0.2, -0.15) is 5.10 Å². The van der Waals surface area contributed by atoms with E-state index >= 15 is 0 Å². The standard InChI is InChI=1S/C20H30N8O/c29-20(21-12-17-24-23-16-9-5-11-28(16)17)27-10-4-8-15(13-27)19-22-18(25-26-19)14-6-2-1-3-7-14/h14-15H,1-13H2,(H,21,29)(H,22,25,26)/t15-/m0/s1. The van der Waals surface area contributed by atoms with E-state index in [-0.39, 0.29) is 11.9 Å². The third-order valence-electron chi connectivity index (χ3n) is 6.67. The van der Waals surface area contributed by atoms with Crippen LogP contribution in [0.3, 0.4) is 0 Å². The third-order valence-corrected chi connectivity index (χ3v) is 6.67. The maximum atomic E-state index is 12.7. The number of hydrogen-bond donors (Lipinski definition) is 2. The number of aromatic amines is 1. The first-order valence-electron chi connectivity index (χ1n) is 11.1. The van der Waals surface area contributed by atoms with Gasteiger partial charge in [-0.05, 0) is 32.1 Å². The Morgan fingerprint density at radius 3 is 2.79 bits per heavy atom. The highest BCUT2D eigenvalue weighted by molar-refractivity contribution is 5.74. The molecule has 1 saturated carbocycles. The van der Waals surface area contributed by atoms with Gasteiger partial charge in [0.15, 0.2) is 11.6 Å². The van der Waals surface area contributed by atoms with E-state index in [2.05, 4.69) is 30.3 Å². The number of carbonyl (C=O) groups is 1. The van der Waals surface area contributed by atoms with Gasteiger partial charge in [0.25, 0.3) is 0 Å². The van der Waals surface area contributed by atoms with Gasteiger partial charge in [-0.1, -0.05) is 19.3 Å². The summed E-state index contributed by atoms with van der Waals surface area (Å²) in [6.07, 6.45) is 10.4. The van der Waals surface area contributed by atoms with Crippen LogP contribution in [0.25, 0.3) is 0 Å². The van der Waals surface area contributed by atoms with Crippen LogP contribution in [0.1, 0.15) is 86.5 Å². The Hall–Kier alpha value is -2.45. The lowest BCUT2D eigenvalue weighted by atomic mass is 9.89. The minimum Gasteiger partial charge on any atom is -0.331 e. The molecule has 0 aromatic carbocycles. The number of aryl methyl sites for hydroxylation is 1. The van der Waals surface area contributed by atoms with Crippen LogP contribution in [-0.4, -0.2) is 54.0 Å². The quantitative estimate of drug-likeness (QED) is 0.823. The number of piperidine rings is 1. The lowest BCUT2D eigenvalue weighted by Crippen LogP contribution is -2.45. The maximum Gasteiger partial charge on any atom is 0.317 e. The fourth-order valence-electron chi connectivity index (χ4n) is 5.01. The van der Waals surface area contributed by atoms with Gasteiger partial charge in [-0.3, -0.25) is 5.10 Å². The van der Waals surface area contributed by atoms with Gasteiger partial charge in [0.05, 0.1) is 6.54 Å². The number of nitrogens with zero attached hydrogens (tertiary/aromatic N) is 6. The lowest BCUT2D eigenvalue weighted by molar-refractivity contribution is 0.177.